The van der Waals surface area contributed by atoms with E-state index in [0.29, 0.717) is 0 Å². The van der Waals surface area contributed by atoms with Gasteiger partial charge in [0.15, 0.2) is 0 Å². The zero-order valence-corrected chi connectivity index (χ0v) is 19.1. The lowest BCUT2D eigenvalue weighted by molar-refractivity contribution is 0.627. The van der Waals surface area contributed by atoms with E-state index in [1.165, 1.54) is 24.3 Å². The third-order valence-corrected chi connectivity index (χ3v) is 6.14. The molecule has 0 amide bonds. The molecule has 0 aliphatic carbocycles. The molecule has 0 aliphatic rings. The molecule has 0 unspecified atom stereocenters. The quantitative estimate of drug-likeness (QED) is 0.157. The third kappa shape index (κ3) is 4.54. The van der Waals surface area contributed by atoms with Gasteiger partial charge in [-0.25, -0.2) is 8.78 Å². The maximum Gasteiger partial charge on any atom is 0.123 e. The largest absolute Gasteiger partial charge is 0.207 e. The second kappa shape index (κ2) is 9.03. The molecular weight excluding hydrogens is 446 g/mol. The minimum Gasteiger partial charge on any atom is -0.207 e. The summed E-state index contributed by atoms with van der Waals surface area (Å²) < 4.78 is 26.2. The van der Waals surface area contributed by atoms with Crippen LogP contribution in [-0.2, 0) is 0 Å². The van der Waals surface area contributed by atoms with Crippen LogP contribution in [0.2, 0.25) is 0 Å². The van der Waals surface area contributed by atoms with Crippen LogP contribution in [0.25, 0.3) is 32.3 Å². The summed E-state index contributed by atoms with van der Waals surface area (Å²) in [7, 11) is 0. The SMILES string of the molecule is Fc1ccc(C#Cc2ccc3cc4cc5cc(C#Cc6ccc(F)cc6)ccc5cc4cc3c2)cc1. The van der Waals surface area contributed by atoms with E-state index in [-0.39, 0.29) is 11.6 Å². The molecule has 0 saturated heterocycles. The Kier molecular flexibility index (Phi) is 5.42. The van der Waals surface area contributed by atoms with Crippen LogP contribution in [0.4, 0.5) is 8.78 Å². The van der Waals surface area contributed by atoms with Crippen LogP contribution in [0.3, 0.4) is 0 Å². The van der Waals surface area contributed by atoms with Crippen LogP contribution < -0.4 is 0 Å². The first-order valence-electron chi connectivity index (χ1n) is 11.6. The molecule has 6 aromatic rings. The summed E-state index contributed by atoms with van der Waals surface area (Å²) in [5, 5.41) is 6.83. The lowest BCUT2D eigenvalue weighted by Gasteiger charge is -2.06. The minimum atomic E-state index is -0.264. The molecule has 6 aromatic carbocycles. The van der Waals surface area contributed by atoms with E-state index in [2.05, 4.69) is 72.2 Å². The van der Waals surface area contributed by atoms with Crippen molar-refractivity contribution in [2.24, 2.45) is 0 Å². The molecule has 0 spiro atoms. The predicted molar refractivity (Wildman–Crippen MR) is 144 cm³/mol. The van der Waals surface area contributed by atoms with E-state index in [4.69, 9.17) is 0 Å². The van der Waals surface area contributed by atoms with Crippen LogP contribution in [0.1, 0.15) is 22.3 Å². The van der Waals surface area contributed by atoms with Crippen molar-refractivity contribution in [1.82, 2.24) is 0 Å². The summed E-state index contributed by atoms with van der Waals surface area (Å²) in [6.45, 7) is 0. The highest BCUT2D eigenvalue weighted by atomic mass is 19.1. The number of hydrogen-bond donors (Lipinski definition) is 0. The maximum atomic E-state index is 13.1. The molecule has 0 heterocycles. The first kappa shape index (κ1) is 21.6. The van der Waals surface area contributed by atoms with Gasteiger partial charge in [0.25, 0.3) is 0 Å². The van der Waals surface area contributed by atoms with Crippen molar-refractivity contribution in [3.8, 4) is 23.7 Å². The fourth-order valence-electron chi connectivity index (χ4n) is 4.26. The Morgan fingerprint density at radius 1 is 0.306 bits per heavy atom. The number of halogens is 2. The molecule has 0 bridgehead atoms. The molecular formula is C34H18F2. The number of benzene rings is 6. The average molecular weight is 465 g/mol. The standard InChI is InChI=1S/C34H18F2/c35-33-13-7-23(8-14-33)1-3-25-5-11-27-19-32-22-30-18-26(4-2-24-9-15-34(36)16-10-24)6-12-28(30)20-31(32)21-29(27)17-25/h5-22H. The molecule has 0 aliphatic heterocycles. The first-order valence-corrected chi connectivity index (χ1v) is 11.6. The van der Waals surface area contributed by atoms with Gasteiger partial charge in [-0.2, -0.15) is 0 Å². The van der Waals surface area contributed by atoms with Crippen LogP contribution >= 0.6 is 0 Å². The summed E-state index contributed by atoms with van der Waals surface area (Å²) in [5.41, 5.74) is 3.39. The van der Waals surface area contributed by atoms with Crippen molar-refractivity contribution < 1.29 is 8.78 Å². The highest BCUT2D eigenvalue weighted by Crippen LogP contribution is 2.28. The molecule has 0 saturated carbocycles. The summed E-state index contributed by atoms with van der Waals surface area (Å²) in [6.07, 6.45) is 0. The molecule has 0 radical (unpaired) electrons. The van der Waals surface area contributed by atoms with Gasteiger partial charge < -0.3 is 0 Å². The van der Waals surface area contributed by atoms with Crippen molar-refractivity contribution in [3.05, 3.63) is 143 Å². The second-order valence-electron chi connectivity index (χ2n) is 8.69. The summed E-state index contributed by atoms with van der Waals surface area (Å²) in [6, 6.07) is 33.5. The molecule has 168 valence electrons. The average Bonchev–Trinajstić information content (AvgIpc) is 2.90. The number of fused-ring (bicyclic) bond motifs is 3. The minimum absolute atomic E-state index is 0.264. The summed E-state index contributed by atoms with van der Waals surface area (Å²) >= 11 is 0. The zero-order valence-electron chi connectivity index (χ0n) is 19.1. The number of rotatable bonds is 0. The van der Waals surface area contributed by atoms with Crippen LogP contribution in [0, 0.1) is 35.3 Å². The Balaban J connectivity index is 1.35. The van der Waals surface area contributed by atoms with Gasteiger partial charge in [-0.05, 0) is 129 Å². The second-order valence-corrected chi connectivity index (χ2v) is 8.69. The highest BCUT2D eigenvalue weighted by molar-refractivity contribution is 6.05. The van der Waals surface area contributed by atoms with E-state index < -0.39 is 0 Å². The van der Waals surface area contributed by atoms with Gasteiger partial charge in [0.1, 0.15) is 11.6 Å². The predicted octanol–water partition coefficient (Wildman–Crippen LogP) is 8.22. The normalized spacial score (nSPS) is 10.6. The van der Waals surface area contributed by atoms with Crippen LogP contribution in [0.15, 0.2) is 109 Å². The van der Waals surface area contributed by atoms with Crippen molar-refractivity contribution in [2.75, 3.05) is 0 Å². The fraction of sp³-hybridized carbons (Fsp3) is 0. The van der Waals surface area contributed by atoms with E-state index >= 15 is 0 Å². The third-order valence-electron chi connectivity index (χ3n) is 6.14. The Morgan fingerprint density at radius 2 is 0.611 bits per heavy atom. The molecule has 36 heavy (non-hydrogen) atoms. The van der Waals surface area contributed by atoms with Crippen LogP contribution in [0.5, 0.6) is 0 Å². The lowest BCUT2D eigenvalue weighted by atomic mass is 9.98. The Bertz CT molecular complexity index is 1750. The fourth-order valence-corrected chi connectivity index (χ4v) is 4.26. The smallest absolute Gasteiger partial charge is 0.123 e. The monoisotopic (exact) mass is 464 g/mol. The van der Waals surface area contributed by atoms with Crippen LogP contribution in [-0.4, -0.2) is 0 Å². The van der Waals surface area contributed by atoms with E-state index in [1.807, 2.05) is 12.1 Å². The molecule has 2 heteroatoms. The van der Waals surface area contributed by atoms with E-state index in [1.54, 1.807) is 24.3 Å². The Morgan fingerprint density at radius 3 is 1.03 bits per heavy atom. The van der Waals surface area contributed by atoms with Gasteiger partial charge in [-0.3, -0.25) is 0 Å². The van der Waals surface area contributed by atoms with Crippen molar-refractivity contribution in [1.29, 1.82) is 0 Å². The van der Waals surface area contributed by atoms with Gasteiger partial charge in [0.05, 0.1) is 0 Å². The zero-order chi connectivity index (χ0) is 24.5. The van der Waals surface area contributed by atoms with Gasteiger partial charge >= 0.3 is 0 Å². The maximum absolute atomic E-state index is 13.1. The topological polar surface area (TPSA) is 0 Å². The molecule has 0 aromatic heterocycles. The molecule has 0 atom stereocenters. The van der Waals surface area contributed by atoms with Gasteiger partial charge in [0.2, 0.25) is 0 Å². The van der Waals surface area contributed by atoms with Crippen molar-refractivity contribution in [3.63, 3.8) is 0 Å². The van der Waals surface area contributed by atoms with Gasteiger partial charge in [-0.1, -0.05) is 35.8 Å². The highest BCUT2D eigenvalue weighted by Gasteiger charge is 2.03. The molecule has 0 N–H and O–H groups in total. The Labute approximate surface area is 207 Å². The lowest BCUT2D eigenvalue weighted by Crippen LogP contribution is -1.83. The summed E-state index contributed by atoms with van der Waals surface area (Å²) in [4.78, 5) is 0. The van der Waals surface area contributed by atoms with Gasteiger partial charge in [-0.15, -0.1) is 0 Å². The first-order chi connectivity index (χ1) is 17.6. The van der Waals surface area contributed by atoms with E-state index in [9.17, 15) is 8.78 Å². The molecule has 0 fully saturated rings. The summed E-state index contributed by atoms with van der Waals surface area (Å²) in [5.74, 6) is 12.0. The van der Waals surface area contributed by atoms with Gasteiger partial charge in [0, 0.05) is 22.3 Å². The number of hydrogen-bond acceptors (Lipinski definition) is 0. The molecule has 6 rings (SSSR count). The van der Waals surface area contributed by atoms with Crippen molar-refractivity contribution >= 4 is 32.3 Å². The molecule has 0 nitrogen and oxygen atoms in total. The Hall–Kier alpha value is -4.92. The van der Waals surface area contributed by atoms with E-state index in [0.717, 1.165) is 54.6 Å². The van der Waals surface area contributed by atoms with Crippen molar-refractivity contribution in [2.45, 2.75) is 0 Å².